The molecule has 6 heteroatoms. The molecule has 2 aromatic rings. The highest BCUT2D eigenvalue weighted by molar-refractivity contribution is 7.11. The van der Waals surface area contributed by atoms with Crippen molar-refractivity contribution in [2.45, 2.75) is 26.4 Å². The molecular weight excluding hydrogens is 270 g/mol. The van der Waals surface area contributed by atoms with Crippen molar-refractivity contribution in [1.82, 2.24) is 20.2 Å². The first-order valence-electron chi connectivity index (χ1n) is 6.70. The standard InChI is InChI=1S/C14H21N5S/c1-4-12-8-16-13(20-12)9-18-14(15-2)17-7-11-5-6-19(3)10-11/h5-6,8,10H,4,7,9H2,1-3H3,(H2,15,17,18). The van der Waals surface area contributed by atoms with Gasteiger partial charge in [-0.1, -0.05) is 6.92 Å². The smallest absolute Gasteiger partial charge is 0.191 e. The van der Waals surface area contributed by atoms with Crippen LogP contribution in [0, 0.1) is 0 Å². The number of hydrogen-bond donors (Lipinski definition) is 2. The maximum Gasteiger partial charge on any atom is 0.191 e. The van der Waals surface area contributed by atoms with Crippen molar-refractivity contribution in [3.63, 3.8) is 0 Å². The third kappa shape index (κ3) is 4.09. The van der Waals surface area contributed by atoms with E-state index in [1.54, 1.807) is 18.4 Å². The molecule has 2 heterocycles. The topological polar surface area (TPSA) is 54.2 Å². The molecule has 0 amide bonds. The summed E-state index contributed by atoms with van der Waals surface area (Å²) in [6.07, 6.45) is 7.12. The summed E-state index contributed by atoms with van der Waals surface area (Å²) in [5.74, 6) is 0.794. The lowest BCUT2D eigenvalue weighted by atomic mass is 10.3. The molecule has 5 nitrogen and oxygen atoms in total. The minimum atomic E-state index is 0.707. The second kappa shape index (κ2) is 7.09. The number of guanidine groups is 1. The van der Waals surface area contributed by atoms with E-state index in [1.807, 2.05) is 24.0 Å². The Morgan fingerprint density at radius 1 is 1.40 bits per heavy atom. The van der Waals surface area contributed by atoms with Gasteiger partial charge >= 0.3 is 0 Å². The summed E-state index contributed by atoms with van der Waals surface area (Å²) in [5, 5.41) is 7.66. The highest BCUT2D eigenvalue weighted by Gasteiger charge is 2.03. The van der Waals surface area contributed by atoms with Crippen molar-refractivity contribution >= 4 is 17.3 Å². The van der Waals surface area contributed by atoms with E-state index in [0.717, 1.165) is 23.9 Å². The summed E-state index contributed by atoms with van der Waals surface area (Å²) < 4.78 is 2.04. The van der Waals surface area contributed by atoms with Crippen molar-refractivity contribution < 1.29 is 0 Å². The normalized spacial score (nSPS) is 11.7. The van der Waals surface area contributed by atoms with E-state index in [9.17, 15) is 0 Å². The molecular formula is C14H21N5S. The van der Waals surface area contributed by atoms with Crippen molar-refractivity contribution in [2.75, 3.05) is 7.05 Å². The first-order chi connectivity index (χ1) is 9.71. The molecule has 0 fully saturated rings. The summed E-state index contributed by atoms with van der Waals surface area (Å²) in [5.41, 5.74) is 1.23. The Morgan fingerprint density at radius 2 is 2.20 bits per heavy atom. The number of nitrogens with one attached hydrogen (secondary N) is 2. The number of rotatable bonds is 5. The molecule has 2 rings (SSSR count). The van der Waals surface area contributed by atoms with Crippen LogP contribution >= 0.6 is 11.3 Å². The molecule has 0 spiro atoms. The fourth-order valence-corrected chi connectivity index (χ4v) is 2.63. The zero-order valence-electron chi connectivity index (χ0n) is 12.2. The van der Waals surface area contributed by atoms with Gasteiger partial charge in [0.1, 0.15) is 5.01 Å². The van der Waals surface area contributed by atoms with Gasteiger partial charge in [-0.2, -0.15) is 0 Å². The van der Waals surface area contributed by atoms with Crippen LogP contribution in [0.15, 0.2) is 29.6 Å². The van der Waals surface area contributed by atoms with Crippen LogP contribution < -0.4 is 10.6 Å². The van der Waals surface area contributed by atoms with E-state index in [2.05, 4.69) is 39.8 Å². The van der Waals surface area contributed by atoms with Crippen LogP contribution in [0.5, 0.6) is 0 Å². The molecule has 20 heavy (non-hydrogen) atoms. The highest BCUT2D eigenvalue weighted by Crippen LogP contribution is 2.12. The Morgan fingerprint density at radius 3 is 2.80 bits per heavy atom. The number of aromatic nitrogens is 2. The molecule has 0 aliphatic carbocycles. The molecule has 0 atom stereocenters. The predicted octanol–water partition coefficient (Wildman–Crippen LogP) is 1.91. The lowest BCUT2D eigenvalue weighted by molar-refractivity contribution is 0.802. The number of nitrogens with zero attached hydrogens (tertiary/aromatic N) is 3. The third-order valence-electron chi connectivity index (χ3n) is 2.93. The van der Waals surface area contributed by atoms with Crippen LogP contribution in [0.3, 0.4) is 0 Å². The summed E-state index contributed by atoms with van der Waals surface area (Å²) in [6.45, 7) is 3.61. The number of aryl methyl sites for hydroxylation is 2. The van der Waals surface area contributed by atoms with E-state index in [-0.39, 0.29) is 0 Å². The zero-order chi connectivity index (χ0) is 14.4. The quantitative estimate of drug-likeness (QED) is 0.653. The maximum atomic E-state index is 4.38. The van der Waals surface area contributed by atoms with Gasteiger partial charge in [-0.15, -0.1) is 11.3 Å². The van der Waals surface area contributed by atoms with Gasteiger partial charge in [0, 0.05) is 44.1 Å². The molecule has 0 bridgehead atoms. The van der Waals surface area contributed by atoms with Crippen molar-refractivity contribution in [3.8, 4) is 0 Å². The van der Waals surface area contributed by atoms with Crippen LogP contribution in [-0.4, -0.2) is 22.6 Å². The van der Waals surface area contributed by atoms with Gasteiger partial charge in [0.25, 0.3) is 0 Å². The average Bonchev–Trinajstić information content (AvgIpc) is 3.08. The fourth-order valence-electron chi connectivity index (χ4n) is 1.82. The summed E-state index contributed by atoms with van der Waals surface area (Å²) >= 11 is 1.74. The highest BCUT2D eigenvalue weighted by atomic mass is 32.1. The Bertz CT molecular complexity index is 570. The first kappa shape index (κ1) is 14.6. The van der Waals surface area contributed by atoms with Gasteiger partial charge < -0.3 is 15.2 Å². The second-order valence-corrected chi connectivity index (χ2v) is 5.74. The third-order valence-corrected chi connectivity index (χ3v) is 4.08. The van der Waals surface area contributed by atoms with E-state index >= 15 is 0 Å². The average molecular weight is 291 g/mol. The van der Waals surface area contributed by atoms with Gasteiger partial charge in [-0.3, -0.25) is 4.99 Å². The predicted molar refractivity (Wildman–Crippen MR) is 83.9 cm³/mol. The number of aliphatic imine (C=N–C) groups is 1. The van der Waals surface area contributed by atoms with Gasteiger partial charge in [0.2, 0.25) is 0 Å². The Kier molecular flexibility index (Phi) is 5.17. The van der Waals surface area contributed by atoms with E-state index in [0.29, 0.717) is 6.54 Å². The maximum absolute atomic E-state index is 4.38. The minimum Gasteiger partial charge on any atom is -0.357 e. The van der Waals surface area contributed by atoms with Crippen LogP contribution in [-0.2, 0) is 26.6 Å². The largest absolute Gasteiger partial charge is 0.357 e. The summed E-state index contributed by atoms with van der Waals surface area (Å²) in [4.78, 5) is 9.92. The molecule has 0 unspecified atom stereocenters. The van der Waals surface area contributed by atoms with E-state index in [4.69, 9.17) is 0 Å². The van der Waals surface area contributed by atoms with Crippen LogP contribution in [0.1, 0.15) is 22.4 Å². The van der Waals surface area contributed by atoms with E-state index < -0.39 is 0 Å². The molecule has 2 N–H and O–H groups in total. The van der Waals surface area contributed by atoms with Gasteiger partial charge in [0.05, 0.1) is 6.54 Å². The summed E-state index contributed by atoms with van der Waals surface area (Å²) in [6, 6.07) is 2.09. The Balaban J connectivity index is 1.80. The molecule has 0 saturated heterocycles. The van der Waals surface area contributed by atoms with Gasteiger partial charge in [-0.05, 0) is 18.1 Å². The minimum absolute atomic E-state index is 0.707. The lowest BCUT2D eigenvalue weighted by Gasteiger charge is -2.09. The number of thiazole rings is 1. The molecule has 0 saturated carbocycles. The number of hydrogen-bond acceptors (Lipinski definition) is 3. The van der Waals surface area contributed by atoms with Crippen molar-refractivity contribution in [1.29, 1.82) is 0 Å². The van der Waals surface area contributed by atoms with Crippen LogP contribution in [0.4, 0.5) is 0 Å². The Labute approximate surface area is 123 Å². The lowest BCUT2D eigenvalue weighted by Crippen LogP contribution is -2.36. The second-order valence-electron chi connectivity index (χ2n) is 4.54. The van der Waals surface area contributed by atoms with Crippen LogP contribution in [0.25, 0.3) is 0 Å². The zero-order valence-corrected chi connectivity index (χ0v) is 13.0. The van der Waals surface area contributed by atoms with E-state index in [1.165, 1.54) is 10.4 Å². The van der Waals surface area contributed by atoms with Crippen molar-refractivity contribution in [3.05, 3.63) is 40.1 Å². The molecule has 0 aromatic carbocycles. The molecule has 2 aromatic heterocycles. The monoisotopic (exact) mass is 291 g/mol. The summed E-state index contributed by atoms with van der Waals surface area (Å²) in [7, 11) is 3.80. The molecule has 0 aliphatic heterocycles. The van der Waals surface area contributed by atoms with Crippen LogP contribution in [0.2, 0.25) is 0 Å². The SMILES string of the molecule is CCc1cnc(CNC(=NC)NCc2ccn(C)c2)s1. The first-order valence-corrected chi connectivity index (χ1v) is 7.52. The van der Waals surface area contributed by atoms with Crippen molar-refractivity contribution in [2.24, 2.45) is 12.0 Å². The van der Waals surface area contributed by atoms with Gasteiger partial charge in [0.15, 0.2) is 5.96 Å². The molecule has 108 valence electrons. The Hall–Kier alpha value is -1.82. The fraction of sp³-hybridized carbons (Fsp3) is 0.429. The molecule has 0 aliphatic rings. The molecule has 0 radical (unpaired) electrons. The van der Waals surface area contributed by atoms with Gasteiger partial charge in [-0.25, -0.2) is 4.98 Å².